The van der Waals surface area contributed by atoms with Crippen molar-refractivity contribution >= 4 is 17.2 Å². The van der Waals surface area contributed by atoms with Crippen molar-refractivity contribution in [3.63, 3.8) is 0 Å². The first-order valence-electron chi connectivity index (χ1n) is 11.1. The molecule has 2 aromatic heterocycles. The van der Waals surface area contributed by atoms with Crippen molar-refractivity contribution in [3.8, 4) is 11.3 Å². The normalized spacial score (nSPS) is 17.0. The molecule has 0 bridgehead atoms. The highest BCUT2D eigenvalue weighted by Crippen LogP contribution is 2.32. The predicted octanol–water partition coefficient (Wildman–Crippen LogP) is 3.70. The van der Waals surface area contributed by atoms with E-state index in [0.717, 1.165) is 25.3 Å². The van der Waals surface area contributed by atoms with Gasteiger partial charge in [0.05, 0.1) is 17.5 Å². The van der Waals surface area contributed by atoms with Crippen LogP contribution in [0, 0.1) is 11.7 Å². The molecule has 0 aliphatic carbocycles. The van der Waals surface area contributed by atoms with Crippen LogP contribution in [-0.4, -0.2) is 78.1 Å². The van der Waals surface area contributed by atoms with Gasteiger partial charge in [-0.25, -0.2) is 9.37 Å². The number of hydrogen-bond donors (Lipinski definition) is 0. The molecule has 34 heavy (non-hydrogen) atoms. The molecule has 6 nitrogen and oxygen atoms in total. The van der Waals surface area contributed by atoms with Gasteiger partial charge in [-0.1, -0.05) is 0 Å². The number of nitrogens with zero attached hydrogens (tertiary/aromatic N) is 5. The molecule has 0 radical (unpaired) electrons. The molecule has 1 amide bonds. The van der Waals surface area contributed by atoms with E-state index in [4.69, 9.17) is 0 Å². The van der Waals surface area contributed by atoms with Crippen LogP contribution in [0.15, 0.2) is 36.7 Å². The molecule has 1 aromatic carbocycles. The first kappa shape index (κ1) is 22.6. The Morgan fingerprint density at radius 2 is 1.94 bits per heavy atom. The van der Waals surface area contributed by atoms with Crippen molar-refractivity contribution in [2.24, 2.45) is 5.92 Å². The lowest BCUT2D eigenvalue weighted by Crippen LogP contribution is -2.50. The summed E-state index contributed by atoms with van der Waals surface area (Å²) in [6.45, 7) is 1.53. The van der Waals surface area contributed by atoms with Gasteiger partial charge in [-0.3, -0.25) is 9.20 Å². The second-order valence-corrected chi connectivity index (χ2v) is 9.37. The Labute approximate surface area is 194 Å². The quantitative estimate of drug-likeness (QED) is 0.528. The van der Waals surface area contributed by atoms with Crippen molar-refractivity contribution < 1.29 is 22.4 Å². The highest BCUT2D eigenvalue weighted by atomic mass is 19.4. The summed E-state index contributed by atoms with van der Waals surface area (Å²) in [7, 11) is 4.14. The number of benzene rings is 1. The van der Waals surface area contributed by atoms with Gasteiger partial charge in [0, 0.05) is 55.6 Å². The third-order valence-corrected chi connectivity index (χ3v) is 6.43. The Hall–Kier alpha value is -3.14. The van der Waals surface area contributed by atoms with Crippen LogP contribution in [0.25, 0.3) is 16.9 Å². The molecular formula is C24H25F4N5O. The number of pyridine rings is 1. The number of anilines is 1. The highest BCUT2D eigenvalue weighted by molar-refractivity contribution is 5.97. The van der Waals surface area contributed by atoms with Gasteiger partial charge in [-0.2, -0.15) is 13.2 Å². The van der Waals surface area contributed by atoms with E-state index in [1.807, 2.05) is 22.7 Å². The zero-order chi connectivity index (χ0) is 24.2. The SMILES string of the molecule is CN(C)CC1CN(c2ccn3c(-c4cc(F)c5c(c4)CCN(CC(F)(F)F)C5=O)cnc3c2)C1. The third kappa shape index (κ3) is 4.22. The van der Waals surface area contributed by atoms with E-state index < -0.39 is 24.4 Å². The van der Waals surface area contributed by atoms with Crippen molar-refractivity contribution in [1.82, 2.24) is 19.2 Å². The molecule has 0 saturated carbocycles. The largest absolute Gasteiger partial charge is 0.406 e. The average molecular weight is 475 g/mol. The summed E-state index contributed by atoms with van der Waals surface area (Å²) in [5.74, 6) is -1.11. The Morgan fingerprint density at radius 1 is 1.18 bits per heavy atom. The van der Waals surface area contributed by atoms with Crippen LogP contribution in [0.2, 0.25) is 0 Å². The molecule has 0 spiro atoms. The Balaban J connectivity index is 1.40. The summed E-state index contributed by atoms with van der Waals surface area (Å²) < 4.78 is 55.1. The number of carbonyl (C=O) groups is 1. The molecule has 1 fully saturated rings. The Morgan fingerprint density at radius 3 is 2.65 bits per heavy atom. The molecule has 0 unspecified atom stereocenters. The molecule has 3 aromatic rings. The zero-order valence-electron chi connectivity index (χ0n) is 18.9. The lowest BCUT2D eigenvalue weighted by atomic mass is 9.95. The highest BCUT2D eigenvalue weighted by Gasteiger charge is 2.37. The predicted molar refractivity (Wildman–Crippen MR) is 121 cm³/mol. The summed E-state index contributed by atoms with van der Waals surface area (Å²) in [6.07, 6.45) is -0.834. The molecule has 1 saturated heterocycles. The van der Waals surface area contributed by atoms with Crippen LogP contribution in [0.3, 0.4) is 0 Å². The molecular weight excluding hydrogens is 450 g/mol. The van der Waals surface area contributed by atoms with Crippen molar-refractivity contribution in [3.05, 3.63) is 53.6 Å². The summed E-state index contributed by atoms with van der Waals surface area (Å²) >= 11 is 0. The molecule has 180 valence electrons. The number of alkyl halides is 3. The number of rotatable bonds is 5. The number of halogens is 4. The molecule has 5 rings (SSSR count). The van der Waals surface area contributed by atoms with E-state index in [9.17, 15) is 22.4 Å². The van der Waals surface area contributed by atoms with Crippen LogP contribution >= 0.6 is 0 Å². The standard InChI is InChI=1S/C24H25F4N5O/c1-30(2)11-15-12-32(13-15)18-4-6-33-20(10-29-21(33)9-18)17-7-16-3-5-31(14-24(26,27)28)23(34)22(16)19(25)8-17/h4,6-10,15H,3,5,11-14H2,1-2H3. The van der Waals surface area contributed by atoms with Gasteiger partial charge in [0.1, 0.15) is 18.0 Å². The second kappa shape index (κ2) is 8.26. The molecule has 0 N–H and O–H groups in total. The van der Waals surface area contributed by atoms with Gasteiger partial charge in [-0.15, -0.1) is 0 Å². The van der Waals surface area contributed by atoms with Crippen LogP contribution in [0.4, 0.5) is 23.2 Å². The average Bonchev–Trinajstić information content (AvgIpc) is 3.14. The summed E-state index contributed by atoms with van der Waals surface area (Å²) in [5.41, 5.74) is 3.12. The van der Waals surface area contributed by atoms with Gasteiger partial charge >= 0.3 is 6.18 Å². The van der Waals surface area contributed by atoms with Crippen LogP contribution in [0.1, 0.15) is 15.9 Å². The van der Waals surface area contributed by atoms with Crippen LogP contribution < -0.4 is 4.90 Å². The van der Waals surface area contributed by atoms with E-state index in [2.05, 4.69) is 28.9 Å². The second-order valence-electron chi connectivity index (χ2n) is 9.37. The molecule has 2 aliphatic rings. The number of fused-ring (bicyclic) bond motifs is 2. The summed E-state index contributed by atoms with van der Waals surface area (Å²) in [4.78, 5) is 22.1. The molecule has 10 heteroatoms. The van der Waals surface area contributed by atoms with E-state index >= 15 is 0 Å². The molecule has 2 aliphatic heterocycles. The maximum absolute atomic E-state index is 15.0. The minimum atomic E-state index is -4.53. The monoisotopic (exact) mass is 475 g/mol. The number of amides is 1. The maximum Gasteiger partial charge on any atom is 0.406 e. The lowest BCUT2D eigenvalue weighted by Gasteiger charge is -2.42. The summed E-state index contributed by atoms with van der Waals surface area (Å²) in [6, 6.07) is 6.87. The Bertz CT molecular complexity index is 1250. The third-order valence-electron chi connectivity index (χ3n) is 6.43. The van der Waals surface area contributed by atoms with Crippen molar-refractivity contribution in [1.29, 1.82) is 0 Å². The van der Waals surface area contributed by atoms with Crippen molar-refractivity contribution in [2.75, 3.05) is 51.7 Å². The van der Waals surface area contributed by atoms with Gasteiger partial charge in [0.15, 0.2) is 0 Å². The number of aromatic nitrogens is 2. The minimum Gasteiger partial charge on any atom is -0.371 e. The van der Waals surface area contributed by atoms with Gasteiger partial charge < -0.3 is 14.7 Å². The number of imidazole rings is 1. The zero-order valence-corrected chi connectivity index (χ0v) is 18.9. The number of carbonyl (C=O) groups excluding carboxylic acids is 1. The smallest absolute Gasteiger partial charge is 0.371 e. The van der Waals surface area contributed by atoms with Crippen LogP contribution in [-0.2, 0) is 6.42 Å². The van der Waals surface area contributed by atoms with Crippen molar-refractivity contribution in [2.45, 2.75) is 12.6 Å². The van der Waals surface area contributed by atoms with Gasteiger partial charge in [0.2, 0.25) is 0 Å². The fourth-order valence-electron chi connectivity index (χ4n) is 4.92. The van der Waals surface area contributed by atoms with Gasteiger partial charge in [0.25, 0.3) is 5.91 Å². The Kier molecular flexibility index (Phi) is 5.50. The fraction of sp³-hybridized carbons (Fsp3) is 0.417. The number of hydrogen-bond acceptors (Lipinski definition) is 4. The van der Waals surface area contributed by atoms with Crippen LogP contribution in [0.5, 0.6) is 0 Å². The topological polar surface area (TPSA) is 44.1 Å². The minimum absolute atomic E-state index is 0.102. The molecule has 4 heterocycles. The van der Waals surface area contributed by atoms with Gasteiger partial charge in [-0.05, 0) is 44.3 Å². The molecule has 0 atom stereocenters. The first-order chi connectivity index (χ1) is 16.1. The lowest BCUT2D eigenvalue weighted by molar-refractivity contribution is -0.141. The van der Waals surface area contributed by atoms with E-state index in [1.54, 1.807) is 12.3 Å². The summed E-state index contributed by atoms with van der Waals surface area (Å²) in [5, 5.41) is 0. The first-order valence-corrected chi connectivity index (χ1v) is 11.1. The van der Waals surface area contributed by atoms with E-state index in [0.29, 0.717) is 33.3 Å². The van der Waals surface area contributed by atoms with E-state index in [1.165, 1.54) is 6.07 Å². The maximum atomic E-state index is 15.0. The van der Waals surface area contributed by atoms with E-state index in [-0.39, 0.29) is 18.5 Å². The fourth-order valence-corrected chi connectivity index (χ4v) is 4.92.